The van der Waals surface area contributed by atoms with E-state index in [1.54, 1.807) is 61.7 Å². The zero-order valence-electron chi connectivity index (χ0n) is 14.9. The van der Waals surface area contributed by atoms with Crippen LogP contribution < -0.4 is 15.4 Å². The molecule has 0 aliphatic rings. The summed E-state index contributed by atoms with van der Waals surface area (Å²) in [6, 6.07) is 13.6. The van der Waals surface area contributed by atoms with Crippen LogP contribution in [0.1, 0.15) is 22.3 Å². The summed E-state index contributed by atoms with van der Waals surface area (Å²) < 4.78 is 5.11. The fraction of sp³-hybridized carbons (Fsp3) is 0.200. The van der Waals surface area contributed by atoms with Gasteiger partial charge >= 0.3 is 0 Å². The van der Waals surface area contributed by atoms with Gasteiger partial charge in [0.15, 0.2) is 0 Å². The van der Waals surface area contributed by atoms with Crippen molar-refractivity contribution in [3.63, 3.8) is 0 Å². The third-order valence-corrected chi connectivity index (χ3v) is 3.99. The van der Waals surface area contributed by atoms with E-state index in [2.05, 4.69) is 10.6 Å². The van der Waals surface area contributed by atoms with Crippen molar-refractivity contribution in [3.8, 4) is 5.75 Å². The molecule has 0 radical (unpaired) electrons. The second kappa shape index (κ2) is 10.4. The number of aliphatic hydroxyl groups is 1. The second-order valence-corrected chi connectivity index (χ2v) is 6.01. The third-order valence-electron chi connectivity index (χ3n) is 3.66. The summed E-state index contributed by atoms with van der Waals surface area (Å²) in [4.78, 5) is 25.0. The number of amides is 2. The monoisotopic (exact) mass is 388 g/mol. The van der Waals surface area contributed by atoms with E-state index < -0.39 is 11.8 Å². The van der Waals surface area contributed by atoms with Crippen molar-refractivity contribution < 1.29 is 19.4 Å². The van der Waals surface area contributed by atoms with Crippen LogP contribution in [0, 0.1) is 0 Å². The number of nitrogens with one attached hydrogen (secondary N) is 2. The molecule has 2 aromatic rings. The van der Waals surface area contributed by atoms with E-state index in [4.69, 9.17) is 21.4 Å². The summed E-state index contributed by atoms with van der Waals surface area (Å²) in [5.41, 5.74) is 1.05. The van der Waals surface area contributed by atoms with Crippen molar-refractivity contribution in [3.05, 3.63) is 70.4 Å². The van der Waals surface area contributed by atoms with E-state index in [0.717, 1.165) is 0 Å². The van der Waals surface area contributed by atoms with Crippen molar-refractivity contribution in [1.82, 2.24) is 10.6 Å². The van der Waals surface area contributed by atoms with Crippen molar-refractivity contribution >= 4 is 29.5 Å². The fourth-order valence-corrected chi connectivity index (χ4v) is 2.46. The van der Waals surface area contributed by atoms with Crippen LogP contribution >= 0.6 is 11.6 Å². The SMILES string of the molecule is COc1ccc(/C=C(/NC(=O)c2ccccc2Cl)C(=O)NCCCO)cc1. The van der Waals surface area contributed by atoms with E-state index in [-0.39, 0.29) is 24.4 Å². The number of halogens is 1. The summed E-state index contributed by atoms with van der Waals surface area (Å²) in [7, 11) is 1.56. The zero-order chi connectivity index (χ0) is 19.6. The summed E-state index contributed by atoms with van der Waals surface area (Å²) in [6.45, 7) is 0.251. The summed E-state index contributed by atoms with van der Waals surface area (Å²) in [5.74, 6) is -0.265. The second-order valence-electron chi connectivity index (χ2n) is 5.60. The van der Waals surface area contributed by atoms with Gasteiger partial charge in [0.1, 0.15) is 11.4 Å². The molecule has 3 N–H and O–H groups in total. The Morgan fingerprint density at radius 1 is 1.15 bits per heavy atom. The largest absolute Gasteiger partial charge is 0.497 e. The molecule has 0 saturated heterocycles. The minimum atomic E-state index is -0.488. The first-order valence-corrected chi connectivity index (χ1v) is 8.73. The molecule has 0 spiro atoms. The van der Waals surface area contributed by atoms with Gasteiger partial charge in [0.25, 0.3) is 11.8 Å². The van der Waals surface area contributed by atoms with Gasteiger partial charge in [-0.2, -0.15) is 0 Å². The zero-order valence-corrected chi connectivity index (χ0v) is 15.6. The molecule has 2 rings (SSSR count). The third kappa shape index (κ3) is 6.13. The van der Waals surface area contributed by atoms with Crippen LogP contribution in [0.25, 0.3) is 6.08 Å². The first-order valence-electron chi connectivity index (χ1n) is 8.36. The molecule has 6 nitrogen and oxygen atoms in total. The number of carbonyl (C=O) groups is 2. The Morgan fingerprint density at radius 3 is 2.48 bits per heavy atom. The first kappa shape index (κ1) is 20.5. The first-order chi connectivity index (χ1) is 13.0. The van der Waals surface area contributed by atoms with Gasteiger partial charge in [-0.05, 0) is 42.3 Å². The molecule has 0 aliphatic heterocycles. The number of ether oxygens (including phenoxy) is 1. The smallest absolute Gasteiger partial charge is 0.267 e. The average Bonchev–Trinajstić information content (AvgIpc) is 2.68. The standard InChI is InChI=1S/C20H21ClN2O4/c1-27-15-9-7-14(8-10-15)13-18(20(26)22-11-4-12-24)23-19(25)16-5-2-3-6-17(16)21/h2-3,5-10,13,24H,4,11-12H2,1H3,(H,22,26)(H,23,25)/b18-13+. The van der Waals surface area contributed by atoms with Crippen molar-refractivity contribution in [2.24, 2.45) is 0 Å². The van der Waals surface area contributed by atoms with Crippen molar-refractivity contribution in [2.45, 2.75) is 6.42 Å². The Morgan fingerprint density at radius 2 is 1.85 bits per heavy atom. The molecular weight excluding hydrogens is 368 g/mol. The van der Waals surface area contributed by atoms with Crippen molar-refractivity contribution in [1.29, 1.82) is 0 Å². The normalized spacial score (nSPS) is 11.0. The lowest BCUT2D eigenvalue weighted by Crippen LogP contribution is -2.35. The molecule has 0 bridgehead atoms. The molecule has 0 heterocycles. The van der Waals surface area contributed by atoms with Crippen LogP contribution in [0.5, 0.6) is 5.75 Å². The van der Waals surface area contributed by atoms with E-state index in [1.165, 1.54) is 0 Å². The van der Waals surface area contributed by atoms with Crippen LogP contribution in [0.15, 0.2) is 54.2 Å². The molecule has 0 saturated carbocycles. The number of aliphatic hydroxyl groups excluding tert-OH is 1. The van der Waals surface area contributed by atoms with Gasteiger partial charge in [-0.15, -0.1) is 0 Å². The number of benzene rings is 2. The predicted molar refractivity (Wildman–Crippen MR) is 105 cm³/mol. The highest BCUT2D eigenvalue weighted by Gasteiger charge is 2.16. The van der Waals surface area contributed by atoms with Gasteiger partial charge in [-0.25, -0.2) is 0 Å². The Hall–Kier alpha value is -2.83. The maximum Gasteiger partial charge on any atom is 0.267 e. The van der Waals surface area contributed by atoms with Gasteiger partial charge in [0, 0.05) is 13.2 Å². The van der Waals surface area contributed by atoms with Gasteiger partial charge in [-0.1, -0.05) is 35.9 Å². The molecule has 142 valence electrons. The van der Waals surface area contributed by atoms with E-state index in [9.17, 15) is 9.59 Å². The maximum atomic E-state index is 12.5. The van der Waals surface area contributed by atoms with Gasteiger partial charge in [-0.3, -0.25) is 9.59 Å². The Bertz CT molecular complexity index is 819. The predicted octanol–water partition coefficient (Wildman–Crippen LogP) is 2.62. The lowest BCUT2D eigenvalue weighted by Gasteiger charge is -2.12. The van der Waals surface area contributed by atoms with Crippen LogP contribution in [0.4, 0.5) is 0 Å². The lowest BCUT2D eigenvalue weighted by atomic mass is 10.1. The number of hydrogen-bond acceptors (Lipinski definition) is 4. The Balaban J connectivity index is 2.25. The number of rotatable bonds is 8. The molecule has 0 atom stereocenters. The van der Waals surface area contributed by atoms with E-state index in [1.807, 2.05) is 0 Å². The van der Waals surface area contributed by atoms with Gasteiger partial charge in [0.2, 0.25) is 0 Å². The highest BCUT2D eigenvalue weighted by molar-refractivity contribution is 6.34. The Kier molecular flexibility index (Phi) is 7.85. The molecule has 0 fully saturated rings. The minimum Gasteiger partial charge on any atom is -0.497 e. The average molecular weight is 389 g/mol. The highest BCUT2D eigenvalue weighted by Crippen LogP contribution is 2.16. The summed E-state index contributed by atoms with van der Waals surface area (Å²) >= 11 is 6.06. The molecule has 2 amide bonds. The summed E-state index contributed by atoms with van der Waals surface area (Å²) in [5, 5.41) is 14.4. The van der Waals surface area contributed by atoms with E-state index in [0.29, 0.717) is 22.8 Å². The number of carbonyl (C=O) groups excluding carboxylic acids is 2. The topological polar surface area (TPSA) is 87.7 Å². The van der Waals surface area contributed by atoms with Gasteiger partial charge in [0.05, 0.1) is 17.7 Å². The fourth-order valence-electron chi connectivity index (χ4n) is 2.24. The van der Waals surface area contributed by atoms with Crippen LogP contribution in [-0.2, 0) is 4.79 Å². The lowest BCUT2D eigenvalue weighted by molar-refractivity contribution is -0.117. The Labute approximate surface area is 162 Å². The molecular formula is C20H21ClN2O4. The van der Waals surface area contributed by atoms with Crippen molar-refractivity contribution in [2.75, 3.05) is 20.3 Å². The van der Waals surface area contributed by atoms with E-state index >= 15 is 0 Å². The van der Waals surface area contributed by atoms with Crippen LogP contribution in [0.3, 0.4) is 0 Å². The van der Waals surface area contributed by atoms with Gasteiger partial charge < -0.3 is 20.5 Å². The molecule has 2 aromatic carbocycles. The molecule has 0 aromatic heterocycles. The summed E-state index contributed by atoms with van der Waals surface area (Å²) in [6.07, 6.45) is 1.97. The molecule has 0 unspecified atom stereocenters. The van der Waals surface area contributed by atoms with Crippen LogP contribution in [-0.4, -0.2) is 37.2 Å². The molecule has 7 heteroatoms. The number of hydrogen-bond donors (Lipinski definition) is 3. The minimum absolute atomic E-state index is 0.0379. The maximum absolute atomic E-state index is 12.5. The quantitative estimate of drug-likeness (QED) is 0.479. The highest BCUT2D eigenvalue weighted by atomic mass is 35.5. The molecule has 0 aliphatic carbocycles. The molecule has 27 heavy (non-hydrogen) atoms. The van der Waals surface area contributed by atoms with Crippen LogP contribution in [0.2, 0.25) is 5.02 Å². The number of methoxy groups -OCH3 is 1.